The molecule has 0 aliphatic heterocycles. The van der Waals surface area contributed by atoms with E-state index in [-0.39, 0.29) is 0 Å². The van der Waals surface area contributed by atoms with Crippen molar-refractivity contribution in [3.63, 3.8) is 0 Å². The molecule has 0 aromatic carbocycles. The number of nitrogens with two attached hydrogens (primary N) is 1. The van der Waals surface area contributed by atoms with Crippen LogP contribution >= 0.6 is 0 Å². The van der Waals surface area contributed by atoms with Gasteiger partial charge in [0.05, 0.1) is 0 Å². The van der Waals surface area contributed by atoms with Gasteiger partial charge in [0.25, 0.3) is 0 Å². The molecule has 0 amide bonds. The van der Waals surface area contributed by atoms with Crippen LogP contribution in [-0.2, 0) is 6.42 Å². The first-order valence-electron chi connectivity index (χ1n) is 6.01. The van der Waals surface area contributed by atoms with Gasteiger partial charge in [0.1, 0.15) is 17.5 Å². The Hall–Kier alpha value is -1.32. The molecule has 4 nitrogen and oxygen atoms in total. The predicted octanol–water partition coefficient (Wildman–Crippen LogP) is 2.53. The molecule has 90 valence electrons. The Morgan fingerprint density at radius 1 is 1.19 bits per heavy atom. The number of hydrogen-bond acceptors (Lipinski definition) is 4. The van der Waals surface area contributed by atoms with Gasteiger partial charge in [-0.3, -0.25) is 0 Å². The average molecular weight is 222 g/mol. The van der Waals surface area contributed by atoms with E-state index in [2.05, 4.69) is 29.1 Å². The molecule has 0 saturated carbocycles. The van der Waals surface area contributed by atoms with Crippen molar-refractivity contribution in [1.29, 1.82) is 0 Å². The molecule has 1 aromatic heterocycles. The fraction of sp³-hybridized carbons (Fsp3) is 0.667. The summed E-state index contributed by atoms with van der Waals surface area (Å²) < 4.78 is 0. The number of hydrogen-bond donors (Lipinski definition) is 2. The Labute approximate surface area is 97.7 Å². The standard InChI is InChI=1S/C12H22N4/c1-5-9(6-2)14-12-8(4)11(13)15-10(7-3)16-12/h9H,5-7H2,1-4H3,(H3,13,14,15,16). The van der Waals surface area contributed by atoms with E-state index in [1.807, 2.05) is 13.8 Å². The first-order chi connectivity index (χ1) is 7.62. The molecular weight excluding hydrogens is 200 g/mol. The normalized spacial score (nSPS) is 10.8. The summed E-state index contributed by atoms with van der Waals surface area (Å²) in [4.78, 5) is 8.72. The molecule has 0 spiro atoms. The van der Waals surface area contributed by atoms with Gasteiger partial charge in [-0.1, -0.05) is 20.8 Å². The molecule has 0 saturated heterocycles. The number of aryl methyl sites for hydroxylation is 1. The highest BCUT2D eigenvalue weighted by molar-refractivity contribution is 5.55. The Kier molecular flexibility index (Phi) is 4.52. The molecular formula is C12H22N4. The first-order valence-corrected chi connectivity index (χ1v) is 6.01. The van der Waals surface area contributed by atoms with Gasteiger partial charge in [0, 0.05) is 18.0 Å². The molecule has 4 heteroatoms. The average Bonchev–Trinajstić information content (AvgIpc) is 2.30. The molecule has 0 bridgehead atoms. The molecule has 0 fully saturated rings. The van der Waals surface area contributed by atoms with Gasteiger partial charge in [-0.2, -0.15) is 0 Å². The summed E-state index contributed by atoms with van der Waals surface area (Å²) in [6, 6.07) is 0.456. The third-order valence-electron chi connectivity index (χ3n) is 2.87. The van der Waals surface area contributed by atoms with E-state index < -0.39 is 0 Å². The summed E-state index contributed by atoms with van der Waals surface area (Å²) in [6.07, 6.45) is 2.98. The fourth-order valence-corrected chi connectivity index (χ4v) is 1.57. The summed E-state index contributed by atoms with van der Waals surface area (Å²) in [7, 11) is 0. The summed E-state index contributed by atoms with van der Waals surface area (Å²) in [5.41, 5.74) is 6.81. The molecule has 1 rings (SSSR count). The van der Waals surface area contributed by atoms with Gasteiger partial charge >= 0.3 is 0 Å². The minimum absolute atomic E-state index is 0.456. The lowest BCUT2D eigenvalue weighted by Crippen LogP contribution is -2.20. The Bertz CT molecular complexity index is 345. The lowest BCUT2D eigenvalue weighted by atomic mass is 10.1. The van der Waals surface area contributed by atoms with Crippen LogP contribution in [0, 0.1) is 6.92 Å². The fourth-order valence-electron chi connectivity index (χ4n) is 1.57. The first kappa shape index (κ1) is 12.7. The van der Waals surface area contributed by atoms with Gasteiger partial charge in [-0.15, -0.1) is 0 Å². The topological polar surface area (TPSA) is 63.8 Å². The van der Waals surface area contributed by atoms with Gasteiger partial charge in [-0.25, -0.2) is 9.97 Å². The molecule has 0 radical (unpaired) electrons. The summed E-state index contributed by atoms with van der Waals surface area (Å²) >= 11 is 0. The van der Waals surface area contributed by atoms with Crippen LogP contribution in [0.3, 0.4) is 0 Å². The third-order valence-corrected chi connectivity index (χ3v) is 2.87. The van der Waals surface area contributed by atoms with Crippen LogP contribution < -0.4 is 11.1 Å². The third kappa shape index (κ3) is 2.84. The van der Waals surface area contributed by atoms with Gasteiger partial charge in [0.15, 0.2) is 0 Å². The number of aromatic nitrogens is 2. The quantitative estimate of drug-likeness (QED) is 0.803. The smallest absolute Gasteiger partial charge is 0.134 e. The highest BCUT2D eigenvalue weighted by Gasteiger charge is 2.10. The van der Waals surface area contributed by atoms with Crippen LogP contribution in [0.25, 0.3) is 0 Å². The van der Waals surface area contributed by atoms with Crippen LogP contribution in [-0.4, -0.2) is 16.0 Å². The van der Waals surface area contributed by atoms with Crippen molar-refractivity contribution in [3.05, 3.63) is 11.4 Å². The van der Waals surface area contributed by atoms with Crippen molar-refractivity contribution in [2.45, 2.75) is 53.0 Å². The van der Waals surface area contributed by atoms with Crippen molar-refractivity contribution >= 4 is 11.6 Å². The van der Waals surface area contributed by atoms with E-state index in [0.29, 0.717) is 11.9 Å². The lowest BCUT2D eigenvalue weighted by Gasteiger charge is -2.18. The molecule has 16 heavy (non-hydrogen) atoms. The van der Waals surface area contributed by atoms with Gasteiger partial charge < -0.3 is 11.1 Å². The minimum atomic E-state index is 0.456. The van der Waals surface area contributed by atoms with Crippen LogP contribution in [0.1, 0.15) is 45.0 Å². The lowest BCUT2D eigenvalue weighted by molar-refractivity contribution is 0.666. The number of nitrogens with one attached hydrogen (secondary N) is 1. The van der Waals surface area contributed by atoms with E-state index in [1.54, 1.807) is 0 Å². The molecule has 1 heterocycles. The second kappa shape index (κ2) is 5.68. The summed E-state index contributed by atoms with van der Waals surface area (Å²) in [5.74, 6) is 2.27. The SMILES string of the molecule is CCc1nc(N)c(C)c(NC(CC)CC)n1. The zero-order valence-corrected chi connectivity index (χ0v) is 10.7. The molecule has 0 aliphatic carbocycles. The Morgan fingerprint density at radius 3 is 2.31 bits per heavy atom. The second-order valence-corrected chi connectivity index (χ2v) is 4.01. The monoisotopic (exact) mass is 222 g/mol. The van der Waals surface area contributed by atoms with E-state index in [0.717, 1.165) is 36.5 Å². The molecule has 1 aromatic rings. The van der Waals surface area contributed by atoms with E-state index in [1.165, 1.54) is 0 Å². The zero-order valence-electron chi connectivity index (χ0n) is 10.7. The molecule has 3 N–H and O–H groups in total. The molecule has 0 aliphatic rings. The van der Waals surface area contributed by atoms with Crippen molar-refractivity contribution in [3.8, 4) is 0 Å². The van der Waals surface area contributed by atoms with Gasteiger partial charge in [-0.05, 0) is 19.8 Å². The number of nitrogens with zero attached hydrogens (tertiary/aromatic N) is 2. The number of anilines is 2. The highest BCUT2D eigenvalue weighted by atomic mass is 15.1. The van der Waals surface area contributed by atoms with Crippen LogP contribution in [0.2, 0.25) is 0 Å². The maximum absolute atomic E-state index is 5.86. The van der Waals surface area contributed by atoms with Crippen molar-refractivity contribution in [1.82, 2.24) is 9.97 Å². The Morgan fingerprint density at radius 2 is 1.81 bits per heavy atom. The molecule has 0 atom stereocenters. The zero-order chi connectivity index (χ0) is 12.1. The largest absolute Gasteiger partial charge is 0.383 e. The van der Waals surface area contributed by atoms with Crippen molar-refractivity contribution in [2.75, 3.05) is 11.1 Å². The van der Waals surface area contributed by atoms with Crippen LogP contribution in [0.15, 0.2) is 0 Å². The molecule has 0 unspecified atom stereocenters. The Balaban J connectivity index is 2.97. The second-order valence-electron chi connectivity index (χ2n) is 4.01. The number of rotatable bonds is 5. The van der Waals surface area contributed by atoms with E-state index >= 15 is 0 Å². The van der Waals surface area contributed by atoms with Gasteiger partial charge in [0.2, 0.25) is 0 Å². The minimum Gasteiger partial charge on any atom is -0.383 e. The maximum Gasteiger partial charge on any atom is 0.134 e. The summed E-state index contributed by atoms with van der Waals surface area (Å²) in [6.45, 7) is 8.33. The van der Waals surface area contributed by atoms with Crippen LogP contribution in [0.4, 0.5) is 11.6 Å². The van der Waals surface area contributed by atoms with E-state index in [9.17, 15) is 0 Å². The predicted molar refractivity (Wildman–Crippen MR) is 68.6 cm³/mol. The highest BCUT2D eigenvalue weighted by Crippen LogP contribution is 2.19. The van der Waals surface area contributed by atoms with Crippen molar-refractivity contribution in [2.24, 2.45) is 0 Å². The van der Waals surface area contributed by atoms with Crippen LogP contribution in [0.5, 0.6) is 0 Å². The maximum atomic E-state index is 5.86. The number of nitrogen functional groups attached to an aromatic ring is 1. The summed E-state index contributed by atoms with van der Waals surface area (Å²) in [5, 5.41) is 3.43. The van der Waals surface area contributed by atoms with E-state index in [4.69, 9.17) is 5.73 Å². The van der Waals surface area contributed by atoms with Crippen molar-refractivity contribution < 1.29 is 0 Å².